The predicted octanol–water partition coefficient (Wildman–Crippen LogP) is 5.85. The summed E-state index contributed by atoms with van der Waals surface area (Å²) >= 11 is 3.15. The molecule has 0 saturated carbocycles. The van der Waals surface area contributed by atoms with E-state index in [2.05, 4.69) is 32.0 Å². The highest BCUT2D eigenvalue weighted by atomic mass is 32.1. The van der Waals surface area contributed by atoms with Crippen LogP contribution in [0.2, 0.25) is 0 Å². The maximum absolute atomic E-state index is 13.1. The Kier molecular flexibility index (Phi) is 5.09. The lowest BCUT2D eigenvalue weighted by Gasteiger charge is -2.18. The molecule has 3 aromatic heterocycles. The third-order valence-corrected chi connectivity index (χ3v) is 6.31. The van der Waals surface area contributed by atoms with E-state index in [0.29, 0.717) is 18.9 Å². The molecule has 0 aliphatic rings. The molecule has 0 spiro atoms. The first-order valence-corrected chi connectivity index (χ1v) is 10.6. The van der Waals surface area contributed by atoms with Crippen LogP contribution in [0, 0.1) is 0 Å². The van der Waals surface area contributed by atoms with Crippen LogP contribution in [0.3, 0.4) is 0 Å². The van der Waals surface area contributed by atoms with E-state index in [4.69, 9.17) is 9.40 Å². The first-order valence-electron chi connectivity index (χ1n) is 8.86. The summed E-state index contributed by atoms with van der Waals surface area (Å²) in [5, 5.41) is 2.71. The molecular formula is C21H20N2O2S2. The number of hydrogen-bond acceptors (Lipinski definition) is 5. The van der Waals surface area contributed by atoms with Gasteiger partial charge in [-0.25, -0.2) is 4.98 Å². The molecule has 0 atom stereocenters. The minimum Gasteiger partial charge on any atom is -0.467 e. The minimum atomic E-state index is 0.0269. The van der Waals surface area contributed by atoms with E-state index in [9.17, 15) is 4.79 Å². The first kappa shape index (κ1) is 17.9. The molecule has 0 bridgehead atoms. The molecule has 4 nitrogen and oxygen atoms in total. The van der Waals surface area contributed by atoms with Gasteiger partial charge < -0.3 is 4.42 Å². The Morgan fingerprint density at radius 1 is 1.19 bits per heavy atom. The summed E-state index contributed by atoms with van der Waals surface area (Å²) in [6.45, 7) is 4.71. The summed E-state index contributed by atoms with van der Waals surface area (Å²) in [6.07, 6.45) is 2.00. The molecule has 4 rings (SSSR count). The van der Waals surface area contributed by atoms with Gasteiger partial charge in [0.15, 0.2) is 5.13 Å². The van der Waals surface area contributed by atoms with Gasteiger partial charge in [-0.2, -0.15) is 0 Å². The molecule has 138 valence electrons. The van der Waals surface area contributed by atoms with Gasteiger partial charge in [0.25, 0.3) is 0 Å². The van der Waals surface area contributed by atoms with Crippen LogP contribution in [0.15, 0.2) is 58.5 Å². The Labute approximate surface area is 166 Å². The number of hydrogen-bond donors (Lipinski definition) is 0. The van der Waals surface area contributed by atoms with Crippen molar-refractivity contribution in [3.63, 3.8) is 0 Å². The van der Waals surface area contributed by atoms with Gasteiger partial charge in [0.1, 0.15) is 5.76 Å². The fourth-order valence-electron chi connectivity index (χ4n) is 3.02. The molecule has 27 heavy (non-hydrogen) atoms. The Morgan fingerprint density at radius 2 is 2.07 bits per heavy atom. The smallest absolute Gasteiger partial charge is 0.234 e. The highest BCUT2D eigenvalue weighted by Crippen LogP contribution is 2.34. The molecule has 0 saturated heterocycles. The van der Waals surface area contributed by atoms with Crippen LogP contribution in [-0.4, -0.2) is 10.9 Å². The molecular weight excluding hydrogens is 376 g/mol. The largest absolute Gasteiger partial charge is 0.467 e. The van der Waals surface area contributed by atoms with Crippen molar-refractivity contribution in [1.82, 2.24) is 4.98 Å². The molecule has 0 radical (unpaired) electrons. The van der Waals surface area contributed by atoms with Gasteiger partial charge in [0, 0.05) is 4.88 Å². The Balaban J connectivity index is 1.72. The second kappa shape index (κ2) is 7.66. The van der Waals surface area contributed by atoms with Crippen LogP contribution in [0.1, 0.15) is 36.0 Å². The predicted molar refractivity (Wildman–Crippen MR) is 112 cm³/mol. The minimum absolute atomic E-state index is 0.0269. The van der Waals surface area contributed by atoms with Gasteiger partial charge in [-0.15, -0.1) is 11.3 Å². The number of benzene rings is 1. The number of thiophene rings is 1. The van der Waals surface area contributed by atoms with Gasteiger partial charge in [-0.05, 0) is 41.1 Å². The lowest BCUT2D eigenvalue weighted by Crippen LogP contribution is -2.31. The monoisotopic (exact) mass is 396 g/mol. The van der Waals surface area contributed by atoms with E-state index in [0.717, 1.165) is 26.0 Å². The summed E-state index contributed by atoms with van der Waals surface area (Å²) in [5.74, 6) is 1.15. The number of anilines is 1. The van der Waals surface area contributed by atoms with E-state index in [1.165, 1.54) is 5.56 Å². The van der Waals surface area contributed by atoms with Gasteiger partial charge in [0.05, 0.1) is 29.4 Å². The normalized spacial score (nSPS) is 11.4. The maximum Gasteiger partial charge on any atom is 0.234 e. The van der Waals surface area contributed by atoms with Gasteiger partial charge in [-0.3, -0.25) is 9.69 Å². The molecule has 6 heteroatoms. The Bertz CT molecular complexity index is 1030. The molecule has 1 aromatic carbocycles. The summed E-state index contributed by atoms with van der Waals surface area (Å²) in [6, 6.07) is 13.9. The van der Waals surface area contributed by atoms with Gasteiger partial charge >= 0.3 is 0 Å². The molecule has 0 aliphatic heterocycles. The standard InChI is InChI=1S/C21H20N2O2S2/c1-14(2)17-8-3-9-18-20(17)22-21(27-18)23(13-15-6-4-10-25-15)19(24)12-16-7-5-11-26-16/h3-11,14H,12-13H2,1-2H3. The van der Waals surface area contributed by atoms with Gasteiger partial charge in [0.2, 0.25) is 5.91 Å². The van der Waals surface area contributed by atoms with Gasteiger partial charge in [-0.1, -0.05) is 43.4 Å². The number of nitrogens with zero attached hydrogens (tertiary/aromatic N) is 2. The SMILES string of the molecule is CC(C)c1cccc2sc(N(Cc3ccco3)C(=O)Cc3cccs3)nc12. The van der Waals surface area contributed by atoms with Crippen molar-refractivity contribution >= 4 is 43.9 Å². The van der Waals surface area contributed by atoms with Crippen molar-refractivity contribution in [2.45, 2.75) is 32.7 Å². The van der Waals surface area contributed by atoms with Crippen LogP contribution in [0.25, 0.3) is 10.2 Å². The van der Waals surface area contributed by atoms with Crippen molar-refractivity contribution in [3.8, 4) is 0 Å². The fourth-order valence-corrected chi connectivity index (χ4v) is 4.73. The van der Waals surface area contributed by atoms with Crippen molar-refractivity contribution in [2.75, 3.05) is 4.90 Å². The average Bonchev–Trinajstić information content (AvgIpc) is 3.39. The molecule has 0 unspecified atom stereocenters. The van der Waals surface area contributed by atoms with Crippen LogP contribution < -0.4 is 4.90 Å². The molecule has 4 aromatic rings. The summed E-state index contributed by atoms with van der Waals surface area (Å²) < 4.78 is 6.59. The second-order valence-electron chi connectivity index (χ2n) is 6.66. The molecule has 0 N–H and O–H groups in total. The van der Waals surface area contributed by atoms with Crippen molar-refractivity contribution in [1.29, 1.82) is 0 Å². The first-order chi connectivity index (χ1) is 13.1. The number of rotatable bonds is 6. The summed E-state index contributed by atoms with van der Waals surface area (Å²) in [5.41, 5.74) is 2.19. The number of para-hydroxylation sites is 1. The number of carbonyl (C=O) groups is 1. The molecule has 1 amide bonds. The molecule has 0 fully saturated rings. The van der Waals surface area contributed by atoms with Crippen molar-refractivity contribution in [3.05, 3.63) is 70.3 Å². The van der Waals surface area contributed by atoms with Crippen LogP contribution in [-0.2, 0) is 17.8 Å². The Morgan fingerprint density at radius 3 is 2.78 bits per heavy atom. The molecule has 0 aliphatic carbocycles. The number of aromatic nitrogens is 1. The van der Waals surface area contributed by atoms with E-state index in [-0.39, 0.29) is 5.91 Å². The van der Waals surface area contributed by atoms with E-state index in [1.807, 2.05) is 29.6 Å². The van der Waals surface area contributed by atoms with E-state index >= 15 is 0 Å². The van der Waals surface area contributed by atoms with Crippen LogP contribution in [0.4, 0.5) is 5.13 Å². The number of thiazole rings is 1. The lowest BCUT2D eigenvalue weighted by molar-refractivity contribution is -0.118. The summed E-state index contributed by atoms with van der Waals surface area (Å²) in [7, 11) is 0. The quantitative estimate of drug-likeness (QED) is 0.411. The highest BCUT2D eigenvalue weighted by Gasteiger charge is 2.22. The third-order valence-electron chi connectivity index (χ3n) is 4.39. The number of amides is 1. The maximum atomic E-state index is 13.1. The van der Waals surface area contributed by atoms with E-state index < -0.39 is 0 Å². The van der Waals surface area contributed by atoms with Crippen LogP contribution >= 0.6 is 22.7 Å². The zero-order chi connectivity index (χ0) is 18.8. The van der Waals surface area contributed by atoms with Crippen LogP contribution in [0.5, 0.6) is 0 Å². The zero-order valence-corrected chi connectivity index (χ0v) is 16.8. The zero-order valence-electron chi connectivity index (χ0n) is 15.2. The lowest BCUT2D eigenvalue weighted by atomic mass is 10.0. The fraction of sp³-hybridized carbons (Fsp3) is 0.238. The number of furan rings is 1. The Hall–Kier alpha value is -2.44. The molecule has 3 heterocycles. The van der Waals surface area contributed by atoms with Crippen molar-refractivity contribution in [2.24, 2.45) is 0 Å². The number of carbonyl (C=O) groups excluding carboxylic acids is 1. The number of fused-ring (bicyclic) bond motifs is 1. The average molecular weight is 397 g/mol. The van der Waals surface area contributed by atoms with Crippen molar-refractivity contribution < 1.29 is 9.21 Å². The highest BCUT2D eigenvalue weighted by molar-refractivity contribution is 7.22. The van der Waals surface area contributed by atoms with E-state index in [1.54, 1.807) is 33.8 Å². The summed E-state index contributed by atoms with van der Waals surface area (Å²) in [4.78, 5) is 20.7. The third kappa shape index (κ3) is 3.82. The topological polar surface area (TPSA) is 46.3 Å². The second-order valence-corrected chi connectivity index (χ2v) is 8.70.